The minimum Gasteiger partial charge on any atom is -0.462 e. The van der Waals surface area contributed by atoms with Gasteiger partial charge in [0, 0.05) is 73.4 Å². The van der Waals surface area contributed by atoms with Gasteiger partial charge in [0.1, 0.15) is 18.0 Å². The highest BCUT2D eigenvalue weighted by Gasteiger charge is 2.67. The minimum atomic E-state index is -0.238. The van der Waals surface area contributed by atoms with Crippen LogP contribution in [0, 0.1) is 46.3 Å². The molecule has 4 fully saturated rings. The van der Waals surface area contributed by atoms with E-state index in [1.165, 1.54) is 13.8 Å². The van der Waals surface area contributed by atoms with Crippen molar-refractivity contribution in [3.63, 3.8) is 0 Å². The Bertz CT molecular complexity index is 1520. The highest BCUT2D eigenvalue weighted by molar-refractivity contribution is 6.31. The normalized spacial score (nSPS) is 34.9. The zero-order valence-electron chi connectivity index (χ0n) is 29.4. The number of nitrogens with one attached hydrogen (secondary N) is 2. The number of Topliss-reactive ketones (excluding diaryl/α,β-unsaturated/α-hetero) is 1. The number of hydrogen-bond donors (Lipinski definition) is 2. The molecule has 262 valence electrons. The quantitative estimate of drug-likeness (QED) is 0.185. The number of fused-ring (bicyclic) bond motifs is 6. The average molecular weight is 680 g/mol. The molecule has 1 aromatic heterocycles. The zero-order valence-corrected chi connectivity index (χ0v) is 30.1. The van der Waals surface area contributed by atoms with Crippen molar-refractivity contribution in [1.29, 1.82) is 0 Å². The first kappa shape index (κ1) is 35.1. The maximum Gasteiger partial charge on any atom is 0.302 e. The van der Waals surface area contributed by atoms with Gasteiger partial charge in [-0.1, -0.05) is 32.4 Å². The molecular formula is C39H54ClN3O5. The fourth-order valence-electron chi connectivity index (χ4n) is 11.0. The van der Waals surface area contributed by atoms with Gasteiger partial charge < -0.3 is 20.1 Å². The number of rotatable bonds is 11. The molecule has 4 saturated carbocycles. The molecular weight excluding hydrogens is 626 g/mol. The molecule has 0 saturated heterocycles. The van der Waals surface area contributed by atoms with Crippen LogP contribution in [0.1, 0.15) is 92.4 Å². The largest absolute Gasteiger partial charge is 0.462 e. The molecule has 0 bridgehead atoms. The number of esters is 2. The van der Waals surface area contributed by atoms with Crippen LogP contribution in [0.2, 0.25) is 5.02 Å². The molecule has 0 aliphatic heterocycles. The van der Waals surface area contributed by atoms with Gasteiger partial charge in [0.25, 0.3) is 0 Å². The number of ketones is 1. The molecule has 0 amide bonds. The Morgan fingerprint density at radius 2 is 1.83 bits per heavy atom. The summed E-state index contributed by atoms with van der Waals surface area (Å²) in [5.41, 5.74) is 1.74. The van der Waals surface area contributed by atoms with E-state index in [2.05, 4.69) is 36.4 Å². The average Bonchev–Trinajstić information content (AvgIpc) is 3.39. The molecule has 0 radical (unpaired) electrons. The molecule has 9 heteroatoms. The van der Waals surface area contributed by atoms with Crippen molar-refractivity contribution in [2.45, 2.75) is 105 Å². The van der Waals surface area contributed by atoms with E-state index in [0.717, 1.165) is 81.2 Å². The first-order chi connectivity index (χ1) is 22.9. The lowest BCUT2D eigenvalue weighted by atomic mass is 9.43. The van der Waals surface area contributed by atoms with E-state index in [9.17, 15) is 14.4 Å². The Morgan fingerprint density at radius 3 is 2.60 bits per heavy atom. The van der Waals surface area contributed by atoms with Crippen molar-refractivity contribution in [2.75, 3.05) is 25.0 Å². The summed E-state index contributed by atoms with van der Waals surface area (Å²) >= 11 is 6.14. The van der Waals surface area contributed by atoms with Crippen LogP contribution in [0.25, 0.3) is 10.9 Å². The number of ether oxygens (including phenoxy) is 2. The number of carbonyl (C=O) groups is 3. The molecule has 48 heavy (non-hydrogen) atoms. The van der Waals surface area contributed by atoms with Crippen LogP contribution in [0.15, 0.2) is 30.5 Å². The third kappa shape index (κ3) is 6.73. The highest BCUT2D eigenvalue weighted by atomic mass is 35.5. The Morgan fingerprint density at radius 1 is 1.04 bits per heavy atom. The van der Waals surface area contributed by atoms with Gasteiger partial charge in [0.15, 0.2) is 0 Å². The van der Waals surface area contributed by atoms with Crippen LogP contribution in [0.3, 0.4) is 0 Å². The molecule has 0 spiro atoms. The monoisotopic (exact) mass is 679 g/mol. The van der Waals surface area contributed by atoms with Crippen molar-refractivity contribution in [1.82, 2.24) is 10.3 Å². The fraction of sp³-hybridized carbons (Fsp3) is 0.692. The summed E-state index contributed by atoms with van der Waals surface area (Å²) in [5, 5.41) is 8.90. The molecule has 4 aliphatic carbocycles. The van der Waals surface area contributed by atoms with Gasteiger partial charge >= 0.3 is 11.9 Å². The summed E-state index contributed by atoms with van der Waals surface area (Å²) < 4.78 is 12.4. The van der Waals surface area contributed by atoms with E-state index in [0.29, 0.717) is 41.4 Å². The first-order valence-electron chi connectivity index (χ1n) is 18.3. The smallest absolute Gasteiger partial charge is 0.302 e. The van der Waals surface area contributed by atoms with Crippen molar-refractivity contribution in [3.05, 3.63) is 35.5 Å². The summed E-state index contributed by atoms with van der Waals surface area (Å²) in [4.78, 5) is 42.0. The third-order valence-electron chi connectivity index (χ3n) is 13.3. The topological polar surface area (TPSA) is 107 Å². The van der Waals surface area contributed by atoms with Gasteiger partial charge in [-0.2, -0.15) is 0 Å². The number of carbonyl (C=O) groups excluding carboxylic acids is 3. The Labute approximate surface area is 290 Å². The predicted octanol–water partition coefficient (Wildman–Crippen LogP) is 7.62. The molecule has 6 rings (SSSR count). The van der Waals surface area contributed by atoms with E-state index in [1.807, 2.05) is 30.5 Å². The maximum atomic E-state index is 12.6. The van der Waals surface area contributed by atoms with Gasteiger partial charge in [0.2, 0.25) is 0 Å². The summed E-state index contributed by atoms with van der Waals surface area (Å²) in [6.07, 6.45) is 9.38. The second-order valence-corrected chi connectivity index (χ2v) is 16.3. The third-order valence-corrected chi connectivity index (χ3v) is 13.5. The number of nitrogens with zero attached hydrogens (tertiary/aromatic N) is 1. The molecule has 10 atom stereocenters. The minimum absolute atomic E-state index is 0.0165. The van der Waals surface area contributed by atoms with Crippen molar-refractivity contribution in [2.24, 2.45) is 46.3 Å². The van der Waals surface area contributed by atoms with Crippen LogP contribution >= 0.6 is 11.6 Å². The van der Waals surface area contributed by atoms with Crippen LogP contribution in [0.5, 0.6) is 0 Å². The Balaban J connectivity index is 1.09. The maximum absolute atomic E-state index is 12.6. The van der Waals surface area contributed by atoms with Gasteiger partial charge in [-0.05, 0) is 111 Å². The number of aromatic nitrogens is 1. The van der Waals surface area contributed by atoms with E-state index < -0.39 is 0 Å². The van der Waals surface area contributed by atoms with Gasteiger partial charge in [-0.3, -0.25) is 19.4 Å². The van der Waals surface area contributed by atoms with Crippen LogP contribution in [-0.4, -0.2) is 54.5 Å². The SMILES string of the molecule is CC(=O)O[C@H]1CC2C(C3CC[C@H](C(C)CCCNCCNc4ccnc5cc(Cl)ccc45)[C@]31C)[C@H](OC(C)=O)C[C@@H]1CC(=O)CC[C@]21C. The van der Waals surface area contributed by atoms with Crippen LogP contribution < -0.4 is 10.6 Å². The lowest BCUT2D eigenvalue weighted by Crippen LogP contribution is -2.63. The van der Waals surface area contributed by atoms with E-state index in [1.54, 1.807) is 0 Å². The standard InChI is InChI=1S/C39H54ClN3O5/c1-23(7-6-15-41-17-18-43-33-13-16-42-34-21-27(40)8-9-29(33)34)30-10-11-31-37-32(22-36(39(30,31)5)48-25(3)45)38(4)14-12-28(46)19-26(38)20-35(37)47-24(2)44/h8-9,13,16,21,23,26,30-32,35-37,41H,6-7,10-12,14-15,17-20,22H2,1-5H3,(H,42,43)/t23?,26-,30+,31?,32?,35+,36-,37?,38-,39+/m0/s1. The molecule has 2 N–H and O–H groups in total. The van der Waals surface area contributed by atoms with Gasteiger partial charge in [0.05, 0.1) is 5.52 Å². The molecule has 4 unspecified atom stereocenters. The molecule has 1 aromatic carbocycles. The Kier molecular flexibility index (Phi) is 10.4. The Hall–Kier alpha value is -2.71. The van der Waals surface area contributed by atoms with E-state index in [-0.39, 0.29) is 52.7 Å². The fourth-order valence-corrected chi connectivity index (χ4v) is 11.2. The number of pyridine rings is 1. The number of hydrogen-bond acceptors (Lipinski definition) is 8. The predicted molar refractivity (Wildman–Crippen MR) is 189 cm³/mol. The lowest BCUT2D eigenvalue weighted by molar-refractivity contribution is -0.219. The summed E-state index contributed by atoms with van der Waals surface area (Å²) in [6.45, 7) is 12.8. The second kappa shape index (κ2) is 14.3. The van der Waals surface area contributed by atoms with Crippen molar-refractivity contribution < 1.29 is 23.9 Å². The van der Waals surface area contributed by atoms with Gasteiger partial charge in [-0.15, -0.1) is 0 Å². The molecule has 2 aromatic rings. The number of halogens is 1. The molecule has 8 nitrogen and oxygen atoms in total. The van der Waals surface area contributed by atoms with Crippen molar-refractivity contribution in [3.8, 4) is 0 Å². The first-order valence-corrected chi connectivity index (χ1v) is 18.6. The summed E-state index contributed by atoms with van der Waals surface area (Å²) in [5.74, 6) is 1.74. The van der Waals surface area contributed by atoms with Crippen LogP contribution in [0.4, 0.5) is 5.69 Å². The summed E-state index contributed by atoms with van der Waals surface area (Å²) in [7, 11) is 0. The molecule has 4 aliphatic rings. The molecule has 1 heterocycles. The summed E-state index contributed by atoms with van der Waals surface area (Å²) in [6, 6.07) is 7.79. The van der Waals surface area contributed by atoms with E-state index >= 15 is 0 Å². The second-order valence-electron chi connectivity index (χ2n) is 15.8. The van der Waals surface area contributed by atoms with Crippen molar-refractivity contribution >= 4 is 45.9 Å². The van der Waals surface area contributed by atoms with Gasteiger partial charge in [-0.25, -0.2) is 0 Å². The lowest BCUT2D eigenvalue weighted by Gasteiger charge is -2.63. The van der Waals surface area contributed by atoms with E-state index in [4.69, 9.17) is 21.1 Å². The highest BCUT2D eigenvalue weighted by Crippen LogP contribution is 2.69. The number of anilines is 1. The number of benzene rings is 1. The zero-order chi connectivity index (χ0) is 34.2. The van der Waals surface area contributed by atoms with Crippen LogP contribution in [-0.2, 0) is 23.9 Å².